The molecule has 0 saturated heterocycles. The summed E-state index contributed by atoms with van der Waals surface area (Å²) in [6.45, 7) is 0. The number of hydrogen-bond donors (Lipinski definition) is 0. The predicted octanol–water partition coefficient (Wildman–Crippen LogP) is 2.36. The van der Waals surface area contributed by atoms with Crippen molar-refractivity contribution >= 4 is 17.4 Å². The fourth-order valence-electron chi connectivity index (χ4n) is 1.89. The Morgan fingerprint density at radius 1 is 1.11 bits per heavy atom. The van der Waals surface area contributed by atoms with Crippen LogP contribution in [0.4, 0.5) is 10.2 Å². The average molecular weight is 255 g/mol. The number of carbonyl (C=O) groups excluding carboxylic acids is 1. The number of aromatic nitrogens is 1. The normalized spacial score (nSPS) is 14.7. The molecule has 0 radical (unpaired) electrons. The van der Waals surface area contributed by atoms with Gasteiger partial charge in [0.1, 0.15) is 5.82 Å². The fraction of sp³-hybridized carbons (Fsp3) is 0.0714. The van der Waals surface area contributed by atoms with Gasteiger partial charge in [-0.15, -0.1) is 0 Å². The third-order valence-corrected chi connectivity index (χ3v) is 2.82. The quantitative estimate of drug-likeness (QED) is 0.827. The first-order valence-electron chi connectivity index (χ1n) is 5.81. The molecular formula is C14H10FN3O. The highest BCUT2D eigenvalue weighted by molar-refractivity contribution is 6.18. The molecule has 2 aromatic rings. The molecule has 0 bridgehead atoms. The molecular weight excluding hydrogens is 245 g/mol. The van der Waals surface area contributed by atoms with Crippen molar-refractivity contribution in [3.8, 4) is 0 Å². The van der Waals surface area contributed by atoms with E-state index in [0.29, 0.717) is 11.5 Å². The average Bonchev–Trinajstić information content (AvgIpc) is 2.83. The molecule has 5 heteroatoms. The number of hydrazone groups is 1. The molecule has 94 valence electrons. The number of nitrogens with zero attached hydrogens (tertiary/aromatic N) is 3. The summed E-state index contributed by atoms with van der Waals surface area (Å²) >= 11 is 0. The van der Waals surface area contributed by atoms with E-state index in [1.54, 1.807) is 36.5 Å². The van der Waals surface area contributed by atoms with E-state index >= 15 is 0 Å². The maximum absolute atomic E-state index is 12.9. The second-order valence-corrected chi connectivity index (χ2v) is 4.12. The number of anilines is 1. The molecule has 1 amide bonds. The first-order valence-corrected chi connectivity index (χ1v) is 5.81. The first kappa shape index (κ1) is 11.5. The van der Waals surface area contributed by atoms with Gasteiger partial charge in [-0.3, -0.25) is 4.79 Å². The van der Waals surface area contributed by atoms with Crippen LogP contribution in [0.2, 0.25) is 0 Å². The Balaban J connectivity index is 1.93. The Hall–Kier alpha value is -2.56. The summed E-state index contributed by atoms with van der Waals surface area (Å²) in [6, 6.07) is 11.2. The molecule has 0 N–H and O–H groups in total. The number of rotatable bonds is 2. The second-order valence-electron chi connectivity index (χ2n) is 4.12. The third-order valence-electron chi connectivity index (χ3n) is 2.82. The van der Waals surface area contributed by atoms with Crippen LogP contribution in [0.15, 0.2) is 53.8 Å². The highest BCUT2D eigenvalue weighted by Gasteiger charge is 2.26. The predicted molar refractivity (Wildman–Crippen MR) is 69.3 cm³/mol. The second kappa shape index (κ2) is 4.61. The molecule has 1 aliphatic heterocycles. The van der Waals surface area contributed by atoms with Crippen LogP contribution in [0.5, 0.6) is 0 Å². The third kappa shape index (κ3) is 2.22. The van der Waals surface area contributed by atoms with Gasteiger partial charge in [-0.2, -0.15) is 10.1 Å². The van der Waals surface area contributed by atoms with Crippen LogP contribution in [0, 0.1) is 5.82 Å². The van der Waals surface area contributed by atoms with Crippen molar-refractivity contribution in [1.82, 2.24) is 4.98 Å². The van der Waals surface area contributed by atoms with E-state index < -0.39 is 0 Å². The van der Waals surface area contributed by atoms with Crippen LogP contribution in [0.3, 0.4) is 0 Å². The van der Waals surface area contributed by atoms with Crippen molar-refractivity contribution in [2.45, 2.75) is 6.42 Å². The van der Waals surface area contributed by atoms with Gasteiger partial charge in [0.2, 0.25) is 0 Å². The summed E-state index contributed by atoms with van der Waals surface area (Å²) in [7, 11) is 0. The smallest absolute Gasteiger partial charge is 0.254 e. The summed E-state index contributed by atoms with van der Waals surface area (Å²) in [5.74, 6) is 0.0397. The SMILES string of the molecule is O=C1CC(c2ccc(F)cc2)=NN1c1ccccn1. The molecule has 3 rings (SSSR count). The van der Waals surface area contributed by atoms with E-state index in [1.807, 2.05) is 0 Å². The topological polar surface area (TPSA) is 45.6 Å². The Bertz CT molecular complexity index is 638. The van der Waals surface area contributed by atoms with Crippen LogP contribution in [0.25, 0.3) is 0 Å². The summed E-state index contributed by atoms with van der Waals surface area (Å²) < 4.78 is 12.9. The molecule has 0 atom stereocenters. The number of carbonyl (C=O) groups is 1. The van der Waals surface area contributed by atoms with E-state index in [-0.39, 0.29) is 18.1 Å². The maximum atomic E-state index is 12.9. The summed E-state index contributed by atoms with van der Waals surface area (Å²) in [4.78, 5) is 16.0. The fourth-order valence-corrected chi connectivity index (χ4v) is 1.89. The van der Waals surface area contributed by atoms with Crippen molar-refractivity contribution in [3.05, 3.63) is 60.0 Å². The summed E-state index contributed by atoms with van der Waals surface area (Å²) in [6.07, 6.45) is 1.80. The van der Waals surface area contributed by atoms with Gasteiger partial charge in [-0.25, -0.2) is 9.37 Å². The van der Waals surface area contributed by atoms with E-state index in [1.165, 1.54) is 17.1 Å². The minimum absolute atomic E-state index is 0.141. The number of hydrogen-bond acceptors (Lipinski definition) is 3. The molecule has 4 nitrogen and oxygen atoms in total. The molecule has 0 saturated carbocycles. The van der Waals surface area contributed by atoms with Crippen molar-refractivity contribution in [2.75, 3.05) is 5.01 Å². The molecule has 0 unspecified atom stereocenters. The molecule has 0 fully saturated rings. The first-order chi connectivity index (χ1) is 9.24. The van der Waals surface area contributed by atoms with Gasteiger partial charge in [0, 0.05) is 6.20 Å². The number of benzene rings is 1. The molecule has 1 aromatic carbocycles. The van der Waals surface area contributed by atoms with Gasteiger partial charge in [-0.05, 0) is 29.8 Å². The van der Waals surface area contributed by atoms with E-state index in [4.69, 9.17) is 0 Å². The van der Waals surface area contributed by atoms with Crippen molar-refractivity contribution in [3.63, 3.8) is 0 Å². The number of pyridine rings is 1. The van der Waals surface area contributed by atoms with Gasteiger partial charge >= 0.3 is 0 Å². The van der Waals surface area contributed by atoms with Gasteiger partial charge in [0.25, 0.3) is 5.91 Å². The van der Waals surface area contributed by atoms with Gasteiger partial charge in [0.15, 0.2) is 5.82 Å². The molecule has 1 aromatic heterocycles. The van der Waals surface area contributed by atoms with Crippen LogP contribution in [-0.2, 0) is 4.79 Å². The van der Waals surface area contributed by atoms with Crippen LogP contribution >= 0.6 is 0 Å². The minimum Gasteiger partial charge on any atom is -0.272 e. The zero-order valence-electron chi connectivity index (χ0n) is 9.95. The molecule has 19 heavy (non-hydrogen) atoms. The molecule has 0 spiro atoms. The lowest BCUT2D eigenvalue weighted by atomic mass is 10.1. The maximum Gasteiger partial charge on any atom is 0.254 e. The lowest BCUT2D eigenvalue weighted by Gasteiger charge is -2.08. The lowest BCUT2D eigenvalue weighted by molar-refractivity contribution is -0.116. The highest BCUT2D eigenvalue weighted by Crippen LogP contribution is 2.20. The van der Waals surface area contributed by atoms with Crippen molar-refractivity contribution < 1.29 is 9.18 Å². The Kier molecular flexibility index (Phi) is 2.79. The highest BCUT2D eigenvalue weighted by atomic mass is 19.1. The Labute approximate surface area is 109 Å². The standard InChI is InChI=1S/C14H10FN3O/c15-11-6-4-10(5-7-11)12-9-14(19)18(17-12)13-3-1-2-8-16-13/h1-8H,9H2. The largest absolute Gasteiger partial charge is 0.272 e. The van der Waals surface area contributed by atoms with Crippen LogP contribution in [-0.4, -0.2) is 16.6 Å². The number of amides is 1. The zero-order chi connectivity index (χ0) is 13.2. The van der Waals surface area contributed by atoms with Crippen molar-refractivity contribution in [2.24, 2.45) is 5.10 Å². The Morgan fingerprint density at radius 2 is 1.89 bits per heavy atom. The van der Waals surface area contributed by atoms with Crippen molar-refractivity contribution in [1.29, 1.82) is 0 Å². The molecule has 2 heterocycles. The van der Waals surface area contributed by atoms with Gasteiger partial charge in [0.05, 0.1) is 12.1 Å². The zero-order valence-corrected chi connectivity index (χ0v) is 9.95. The van der Waals surface area contributed by atoms with E-state index in [2.05, 4.69) is 10.1 Å². The minimum atomic E-state index is -0.310. The van der Waals surface area contributed by atoms with E-state index in [0.717, 1.165) is 5.56 Å². The van der Waals surface area contributed by atoms with Crippen LogP contribution < -0.4 is 5.01 Å². The van der Waals surface area contributed by atoms with Gasteiger partial charge < -0.3 is 0 Å². The monoisotopic (exact) mass is 255 g/mol. The van der Waals surface area contributed by atoms with Gasteiger partial charge in [-0.1, -0.05) is 18.2 Å². The Morgan fingerprint density at radius 3 is 2.58 bits per heavy atom. The number of halogens is 1. The summed E-state index contributed by atoms with van der Waals surface area (Å²) in [5, 5.41) is 5.53. The molecule has 1 aliphatic rings. The molecule has 0 aliphatic carbocycles. The van der Waals surface area contributed by atoms with E-state index in [9.17, 15) is 9.18 Å². The lowest BCUT2D eigenvalue weighted by Crippen LogP contribution is -2.20. The van der Waals surface area contributed by atoms with Crippen LogP contribution in [0.1, 0.15) is 12.0 Å². The summed E-state index contributed by atoms with van der Waals surface area (Å²) in [5.41, 5.74) is 1.36.